The van der Waals surface area contributed by atoms with Crippen molar-refractivity contribution in [1.29, 1.82) is 0 Å². The van der Waals surface area contributed by atoms with E-state index in [1.54, 1.807) is 12.3 Å². The summed E-state index contributed by atoms with van der Waals surface area (Å²) in [7, 11) is 0. The molecule has 0 saturated heterocycles. The van der Waals surface area contributed by atoms with Gasteiger partial charge in [-0.15, -0.1) is 0 Å². The molecule has 1 aliphatic carbocycles. The lowest BCUT2D eigenvalue weighted by molar-refractivity contribution is 0.240. The molecule has 0 spiro atoms. The van der Waals surface area contributed by atoms with Crippen LogP contribution in [0.25, 0.3) is 0 Å². The molecule has 1 fully saturated rings. The van der Waals surface area contributed by atoms with Gasteiger partial charge in [-0.1, -0.05) is 0 Å². The molecule has 0 radical (unpaired) electrons. The topological polar surface area (TPSA) is 66.9 Å². The van der Waals surface area contributed by atoms with E-state index in [-0.39, 0.29) is 6.03 Å². The highest BCUT2D eigenvalue weighted by Gasteiger charge is 2.22. The summed E-state index contributed by atoms with van der Waals surface area (Å²) in [5.74, 6) is 0.719. The lowest BCUT2D eigenvalue weighted by atomic mass is 10.4. The van der Waals surface area contributed by atoms with Crippen molar-refractivity contribution in [2.45, 2.75) is 32.4 Å². The number of nitrogens with zero attached hydrogens (tertiary/aromatic N) is 2. The molecule has 1 aromatic heterocycles. The zero-order valence-electron chi connectivity index (χ0n) is 8.66. The van der Waals surface area contributed by atoms with Gasteiger partial charge in [-0.05, 0) is 25.8 Å². The monoisotopic (exact) mass is 206 g/mol. The van der Waals surface area contributed by atoms with Crippen molar-refractivity contribution in [3.63, 3.8) is 0 Å². The van der Waals surface area contributed by atoms with E-state index in [9.17, 15) is 4.79 Å². The third kappa shape index (κ3) is 3.19. The van der Waals surface area contributed by atoms with Crippen molar-refractivity contribution in [1.82, 2.24) is 20.6 Å². The summed E-state index contributed by atoms with van der Waals surface area (Å²) >= 11 is 0. The van der Waals surface area contributed by atoms with Crippen LogP contribution in [0.1, 0.15) is 24.4 Å². The zero-order chi connectivity index (χ0) is 10.7. The number of nitrogens with one attached hydrogen (secondary N) is 2. The number of amides is 2. The maximum atomic E-state index is 11.3. The molecular formula is C10H14N4O. The average molecular weight is 206 g/mol. The predicted octanol–water partition coefficient (Wildman–Crippen LogP) is 0.747. The fourth-order valence-corrected chi connectivity index (χ4v) is 1.24. The number of aryl methyl sites for hydroxylation is 1. The van der Waals surface area contributed by atoms with Crippen molar-refractivity contribution in [2.75, 3.05) is 0 Å². The third-order valence-corrected chi connectivity index (χ3v) is 2.18. The number of hydrogen-bond acceptors (Lipinski definition) is 3. The van der Waals surface area contributed by atoms with Crippen LogP contribution in [0.2, 0.25) is 0 Å². The van der Waals surface area contributed by atoms with Gasteiger partial charge in [-0.25, -0.2) is 14.8 Å². The third-order valence-electron chi connectivity index (χ3n) is 2.18. The van der Waals surface area contributed by atoms with Crippen LogP contribution in [0.15, 0.2) is 12.3 Å². The quantitative estimate of drug-likeness (QED) is 0.766. The summed E-state index contributed by atoms with van der Waals surface area (Å²) in [4.78, 5) is 19.5. The minimum Gasteiger partial charge on any atom is -0.335 e. The number of hydrogen-bond donors (Lipinski definition) is 2. The fourth-order valence-electron chi connectivity index (χ4n) is 1.24. The van der Waals surface area contributed by atoms with E-state index in [1.165, 1.54) is 0 Å². The minimum atomic E-state index is -0.117. The number of urea groups is 1. The van der Waals surface area contributed by atoms with Crippen LogP contribution < -0.4 is 10.6 Å². The van der Waals surface area contributed by atoms with Crippen molar-refractivity contribution in [3.05, 3.63) is 23.8 Å². The van der Waals surface area contributed by atoms with E-state index in [2.05, 4.69) is 20.6 Å². The van der Waals surface area contributed by atoms with Gasteiger partial charge in [-0.2, -0.15) is 0 Å². The van der Waals surface area contributed by atoms with E-state index in [1.807, 2.05) is 6.92 Å². The van der Waals surface area contributed by atoms with Crippen LogP contribution in [0.4, 0.5) is 4.79 Å². The summed E-state index contributed by atoms with van der Waals surface area (Å²) in [6.07, 6.45) is 3.89. The van der Waals surface area contributed by atoms with Crippen LogP contribution in [0.3, 0.4) is 0 Å². The van der Waals surface area contributed by atoms with Crippen LogP contribution in [0.5, 0.6) is 0 Å². The Labute approximate surface area is 88.3 Å². The number of rotatable bonds is 3. The van der Waals surface area contributed by atoms with Crippen LogP contribution in [0, 0.1) is 6.92 Å². The molecule has 1 saturated carbocycles. The van der Waals surface area contributed by atoms with Gasteiger partial charge >= 0.3 is 6.03 Å². The van der Waals surface area contributed by atoms with E-state index < -0.39 is 0 Å². The summed E-state index contributed by atoms with van der Waals surface area (Å²) in [5, 5.41) is 5.60. The Kier molecular flexibility index (Phi) is 2.80. The van der Waals surface area contributed by atoms with Crippen molar-refractivity contribution >= 4 is 6.03 Å². The first-order chi connectivity index (χ1) is 7.24. The average Bonchev–Trinajstić information content (AvgIpc) is 2.99. The van der Waals surface area contributed by atoms with Gasteiger partial charge in [0.15, 0.2) is 0 Å². The van der Waals surface area contributed by atoms with Gasteiger partial charge in [-0.3, -0.25) is 0 Å². The van der Waals surface area contributed by atoms with Crippen LogP contribution in [-0.2, 0) is 6.54 Å². The summed E-state index contributed by atoms with van der Waals surface area (Å²) in [6.45, 7) is 2.27. The summed E-state index contributed by atoms with van der Waals surface area (Å²) in [6, 6.07) is 2.07. The second kappa shape index (κ2) is 4.25. The van der Waals surface area contributed by atoms with Crippen molar-refractivity contribution < 1.29 is 4.79 Å². The van der Waals surface area contributed by atoms with Crippen molar-refractivity contribution in [3.8, 4) is 0 Å². The Hall–Kier alpha value is -1.65. The molecule has 0 unspecified atom stereocenters. The molecule has 80 valence electrons. The molecule has 5 nitrogen and oxygen atoms in total. The van der Waals surface area contributed by atoms with Gasteiger partial charge in [0.2, 0.25) is 0 Å². The van der Waals surface area contributed by atoms with Crippen molar-refractivity contribution in [2.24, 2.45) is 0 Å². The molecule has 1 heterocycles. The first-order valence-electron chi connectivity index (χ1n) is 5.07. The number of carbonyl (C=O) groups is 1. The molecule has 1 aromatic rings. The Bertz CT molecular complexity index is 362. The molecule has 2 N–H and O–H groups in total. The highest BCUT2D eigenvalue weighted by molar-refractivity contribution is 5.74. The molecule has 2 rings (SSSR count). The second-order valence-corrected chi connectivity index (χ2v) is 3.70. The van der Waals surface area contributed by atoms with E-state index >= 15 is 0 Å². The number of aromatic nitrogens is 2. The molecular weight excluding hydrogens is 192 g/mol. The Morgan fingerprint density at radius 3 is 3.07 bits per heavy atom. The van der Waals surface area contributed by atoms with E-state index in [0.717, 1.165) is 24.4 Å². The smallest absolute Gasteiger partial charge is 0.315 e. The SMILES string of the molecule is Cc1nccc(CNC(=O)NC2CC2)n1. The standard InChI is InChI=1S/C10H14N4O/c1-7-11-5-4-9(13-7)6-12-10(15)14-8-2-3-8/h4-5,8H,2-3,6H2,1H3,(H2,12,14,15). The normalized spacial score (nSPS) is 14.7. The molecule has 15 heavy (non-hydrogen) atoms. The van der Waals surface area contributed by atoms with Crippen LogP contribution >= 0.6 is 0 Å². The highest BCUT2D eigenvalue weighted by Crippen LogP contribution is 2.18. The number of carbonyl (C=O) groups excluding carboxylic acids is 1. The molecule has 2 amide bonds. The van der Waals surface area contributed by atoms with Gasteiger partial charge < -0.3 is 10.6 Å². The zero-order valence-corrected chi connectivity index (χ0v) is 8.66. The van der Waals surface area contributed by atoms with Crippen LogP contribution in [-0.4, -0.2) is 22.0 Å². The Morgan fingerprint density at radius 1 is 1.60 bits per heavy atom. The molecule has 0 aliphatic heterocycles. The maximum absolute atomic E-state index is 11.3. The fraction of sp³-hybridized carbons (Fsp3) is 0.500. The lowest BCUT2D eigenvalue weighted by Gasteiger charge is -2.05. The maximum Gasteiger partial charge on any atom is 0.315 e. The van der Waals surface area contributed by atoms with Gasteiger partial charge in [0.1, 0.15) is 5.82 Å². The molecule has 5 heteroatoms. The van der Waals surface area contributed by atoms with E-state index in [0.29, 0.717) is 12.6 Å². The first kappa shape index (κ1) is 9.89. The molecule has 1 aliphatic rings. The first-order valence-corrected chi connectivity index (χ1v) is 5.07. The molecule has 0 atom stereocenters. The minimum absolute atomic E-state index is 0.117. The van der Waals surface area contributed by atoms with Gasteiger partial charge in [0.05, 0.1) is 12.2 Å². The van der Waals surface area contributed by atoms with Gasteiger partial charge in [0.25, 0.3) is 0 Å². The van der Waals surface area contributed by atoms with E-state index in [4.69, 9.17) is 0 Å². The molecule has 0 aromatic carbocycles. The highest BCUT2D eigenvalue weighted by atomic mass is 16.2. The summed E-state index contributed by atoms with van der Waals surface area (Å²) < 4.78 is 0. The summed E-state index contributed by atoms with van der Waals surface area (Å²) in [5.41, 5.74) is 0.827. The Balaban J connectivity index is 1.78. The molecule has 0 bridgehead atoms. The second-order valence-electron chi connectivity index (χ2n) is 3.70. The Morgan fingerprint density at radius 2 is 2.40 bits per heavy atom. The predicted molar refractivity (Wildman–Crippen MR) is 55.2 cm³/mol. The lowest BCUT2D eigenvalue weighted by Crippen LogP contribution is -2.36. The van der Waals surface area contributed by atoms with Gasteiger partial charge in [0, 0.05) is 12.2 Å². The largest absolute Gasteiger partial charge is 0.335 e.